The summed E-state index contributed by atoms with van der Waals surface area (Å²) in [5.74, 6) is 0.104. The quantitative estimate of drug-likeness (QED) is 0.833. The van der Waals surface area contributed by atoms with E-state index in [1.165, 1.54) is 18.4 Å². The fourth-order valence-electron chi connectivity index (χ4n) is 3.01. The molecule has 19 heavy (non-hydrogen) atoms. The van der Waals surface area contributed by atoms with Gasteiger partial charge in [0.2, 0.25) is 0 Å². The molecule has 1 fully saturated rings. The molecule has 102 valence electrons. The lowest BCUT2D eigenvalue weighted by atomic mass is 9.85. The summed E-state index contributed by atoms with van der Waals surface area (Å²) in [6, 6.07) is 5.89. The van der Waals surface area contributed by atoms with Gasteiger partial charge in [-0.2, -0.15) is 0 Å². The SMILES string of the molecule is CN(C)CCN1CC2(CC2)c2cccc(N)c2C1=O. The molecule has 2 aliphatic rings. The molecule has 1 aliphatic heterocycles. The van der Waals surface area contributed by atoms with E-state index in [1.807, 2.05) is 31.1 Å². The average molecular weight is 259 g/mol. The lowest BCUT2D eigenvalue weighted by Crippen LogP contribution is -2.46. The zero-order valence-electron chi connectivity index (χ0n) is 11.6. The zero-order chi connectivity index (χ0) is 13.6. The van der Waals surface area contributed by atoms with Crippen molar-refractivity contribution in [3.05, 3.63) is 29.3 Å². The summed E-state index contributed by atoms with van der Waals surface area (Å²) in [6.45, 7) is 2.53. The molecule has 0 unspecified atom stereocenters. The number of carbonyl (C=O) groups is 1. The monoisotopic (exact) mass is 259 g/mol. The molecule has 0 aromatic heterocycles. The summed E-state index contributed by atoms with van der Waals surface area (Å²) < 4.78 is 0. The number of nitrogens with two attached hydrogens (primary N) is 1. The van der Waals surface area contributed by atoms with Crippen LogP contribution in [0.1, 0.15) is 28.8 Å². The highest BCUT2D eigenvalue weighted by atomic mass is 16.2. The van der Waals surface area contributed by atoms with E-state index in [9.17, 15) is 4.79 Å². The standard InChI is InChI=1S/C15H21N3O/c1-17(2)8-9-18-10-15(6-7-15)11-4-3-5-12(16)13(11)14(18)19/h3-5H,6-10,16H2,1-2H3. The largest absolute Gasteiger partial charge is 0.398 e. The topological polar surface area (TPSA) is 49.6 Å². The molecular formula is C15H21N3O. The van der Waals surface area contributed by atoms with Gasteiger partial charge in [0, 0.05) is 30.7 Å². The smallest absolute Gasteiger partial charge is 0.256 e. The number of anilines is 1. The first-order valence-corrected chi connectivity index (χ1v) is 6.86. The Hall–Kier alpha value is -1.55. The molecule has 1 saturated carbocycles. The molecule has 4 nitrogen and oxygen atoms in total. The molecule has 1 spiro atoms. The first kappa shape index (κ1) is 12.5. The molecule has 1 aliphatic carbocycles. The Labute approximate surface area is 114 Å². The molecule has 0 atom stereocenters. The highest BCUT2D eigenvalue weighted by Gasteiger charge is 2.51. The number of benzene rings is 1. The van der Waals surface area contributed by atoms with E-state index in [1.54, 1.807) is 0 Å². The second-order valence-electron chi connectivity index (χ2n) is 6.08. The molecule has 1 aromatic rings. The number of hydrogen-bond donors (Lipinski definition) is 1. The molecule has 2 N–H and O–H groups in total. The Morgan fingerprint density at radius 3 is 2.74 bits per heavy atom. The van der Waals surface area contributed by atoms with Gasteiger partial charge < -0.3 is 15.5 Å². The second kappa shape index (κ2) is 4.23. The van der Waals surface area contributed by atoms with Crippen LogP contribution in [0.25, 0.3) is 0 Å². The van der Waals surface area contributed by atoms with Crippen LogP contribution in [0.15, 0.2) is 18.2 Å². The second-order valence-corrected chi connectivity index (χ2v) is 6.08. The van der Waals surface area contributed by atoms with Gasteiger partial charge in [0.1, 0.15) is 0 Å². The minimum Gasteiger partial charge on any atom is -0.398 e. The predicted molar refractivity (Wildman–Crippen MR) is 76.2 cm³/mol. The predicted octanol–water partition coefficient (Wildman–Crippen LogP) is 1.32. The van der Waals surface area contributed by atoms with Crippen LogP contribution in [-0.2, 0) is 5.41 Å². The summed E-state index contributed by atoms with van der Waals surface area (Å²) >= 11 is 0. The summed E-state index contributed by atoms with van der Waals surface area (Å²) in [5, 5.41) is 0. The van der Waals surface area contributed by atoms with Crippen LogP contribution >= 0.6 is 0 Å². The zero-order valence-corrected chi connectivity index (χ0v) is 11.6. The molecule has 1 heterocycles. The third-order valence-electron chi connectivity index (χ3n) is 4.33. The van der Waals surface area contributed by atoms with E-state index in [2.05, 4.69) is 11.0 Å². The lowest BCUT2D eigenvalue weighted by molar-refractivity contribution is 0.0702. The number of amides is 1. The van der Waals surface area contributed by atoms with Crippen molar-refractivity contribution < 1.29 is 4.79 Å². The molecule has 1 amide bonds. The first-order valence-electron chi connectivity index (χ1n) is 6.86. The summed E-state index contributed by atoms with van der Waals surface area (Å²) in [7, 11) is 4.06. The molecule has 3 rings (SSSR count). The minimum atomic E-state index is 0.104. The molecule has 1 aromatic carbocycles. The fraction of sp³-hybridized carbons (Fsp3) is 0.533. The molecular weight excluding hydrogens is 238 g/mol. The van der Waals surface area contributed by atoms with Crippen molar-refractivity contribution in [1.29, 1.82) is 0 Å². The summed E-state index contributed by atoms with van der Waals surface area (Å²) in [5.41, 5.74) is 8.80. The van der Waals surface area contributed by atoms with E-state index >= 15 is 0 Å². The van der Waals surface area contributed by atoms with E-state index in [0.29, 0.717) is 5.69 Å². The number of hydrogen-bond acceptors (Lipinski definition) is 3. The van der Waals surface area contributed by atoms with Crippen LogP contribution < -0.4 is 5.73 Å². The fourth-order valence-corrected chi connectivity index (χ4v) is 3.01. The van der Waals surface area contributed by atoms with E-state index < -0.39 is 0 Å². The Bertz CT molecular complexity index is 520. The number of nitrogen functional groups attached to an aromatic ring is 1. The first-order chi connectivity index (χ1) is 9.03. The van der Waals surface area contributed by atoms with Gasteiger partial charge in [0.15, 0.2) is 0 Å². The third-order valence-corrected chi connectivity index (χ3v) is 4.33. The van der Waals surface area contributed by atoms with Crippen LogP contribution in [0.5, 0.6) is 0 Å². The van der Waals surface area contributed by atoms with Gasteiger partial charge in [-0.25, -0.2) is 0 Å². The van der Waals surface area contributed by atoms with Crippen molar-refractivity contribution in [2.24, 2.45) is 0 Å². The van der Waals surface area contributed by atoms with Gasteiger partial charge in [-0.1, -0.05) is 12.1 Å². The van der Waals surface area contributed by atoms with Crippen LogP contribution in [0.4, 0.5) is 5.69 Å². The van der Waals surface area contributed by atoms with Crippen LogP contribution in [0, 0.1) is 0 Å². The number of fused-ring (bicyclic) bond motifs is 2. The summed E-state index contributed by atoms with van der Waals surface area (Å²) in [6.07, 6.45) is 2.35. The number of likely N-dealkylation sites (N-methyl/N-ethyl adjacent to an activating group) is 1. The Kier molecular flexibility index (Phi) is 2.78. The van der Waals surface area contributed by atoms with Crippen molar-refractivity contribution in [1.82, 2.24) is 9.80 Å². The van der Waals surface area contributed by atoms with Gasteiger partial charge in [0.25, 0.3) is 5.91 Å². The molecule has 0 saturated heterocycles. The van der Waals surface area contributed by atoms with Crippen LogP contribution in [-0.4, -0.2) is 49.4 Å². The van der Waals surface area contributed by atoms with Gasteiger partial charge in [-0.3, -0.25) is 4.79 Å². The molecule has 0 radical (unpaired) electrons. The number of rotatable bonds is 3. The summed E-state index contributed by atoms with van der Waals surface area (Å²) in [4.78, 5) is 16.7. The maximum atomic E-state index is 12.6. The van der Waals surface area contributed by atoms with Crippen LogP contribution in [0.3, 0.4) is 0 Å². The van der Waals surface area contributed by atoms with Crippen molar-refractivity contribution in [3.8, 4) is 0 Å². The Morgan fingerprint density at radius 1 is 1.37 bits per heavy atom. The maximum Gasteiger partial charge on any atom is 0.256 e. The van der Waals surface area contributed by atoms with Gasteiger partial charge in [-0.05, 0) is 38.6 Å². The van der Waals surface area contributed by atoms with E-state index in [0.717, 1.165) is 25.2 Å². The lowest BCUT2D eigenvalue weighted by Gasteiger charge is -2.35. The van der Waals surface area contributed by atoms with Crippen molar-refractivity contribution in [3.63, 3.8) is 0 Å². The molecule has 0 bridgehead atoms. The average Bonchev–Trinajstić information content (AvgIpc) is 3.13. The van der Waals surface area contributed by atoms with Gasteiger partial charge in [-0.15, -0.1) is 0 Å². The van der Waals surface area contributed by atoms with E-state index in [-0.39, 0.29) is 11.3 Å². The minimum absolute atomic E-state index is 0.104. The number of nitrogens with zero attached hydrogens (tertiary/aromatic N) is 2. The highest BCUT2D eigenvalue weighted by Crippen LogP contribution is 2.53. The third kappa shape index (κ3) is 2.00. The normalized spacial score (nSPS) is 19.9. The highest BCUT2D eigenvalue weighted by molar-refractivity contribution is 6.02. The Balaban J connectivity index is 1.94. The van der Waals surface area contributed by atoms with Crippen molar-refractivity contribution >= 4 is 11.6 Å². The van der Waals surface area contributed by atoms with Gasteiger partial charge >= 0.3 is 0 Å². The van der Waals surface area contributed by atoms with Crippen LogP contribution in [0.2, 0.25) is 0 Å². The van der Waals surface area contributed by atoms with Crippen molar-refractivity contribution in [2.45, 2.75) is 18.3 Å². The number of carbonyl (C=O) groups excluding carboxylic acids is 1. The molecule has 4 heteroatoms. The Morgan fingerprint density at radius 2 is 2.11 bits per heavy atom. The van der Waals surface area contributed by atoms with Gasteiger partial charge in [0.05, 0.1) is 5.56 Å². The van der Waals surface area contributed by atoms with Crippen molar-refractivity contribution in [2.75, 3.05) is 39.5 Å². The maximum absolute atomic E-state index is 12.6. The van der Waals surface area contributed by atoms with E-state index in [4.69, 9.17) is 5.73 Å².